The first kappa shape index (κ1) is 15.9. The van der Waals surface area contributed by atoms with Crippen LogP contribution >= 0.6 is 0 Å². The van der Waals surface area contributed by atoms with Crippen LogP contribution < -0.4 is 4.74 Å². The van der Waals surface area contributed by atoms with Gasteiger partial charge < -0.3 is 4.74 Å². The predicted octanol–water partition coefficient (Wildman–Crippen LogP) is 2.71. The van der Waals surface area contributed by atoms with Gasteiger partial charge in [-0.3, -0.25) is 4.90 Å². The molecule has 0 N–H and O–H groups in total. The van der Waals surface area contributed by atoms with Crippen LogP contribution in [0.15, 0.2) is 18.2 Å². The van der Waals surface area contributed by atoms with Crippen molar-refractivity contribution in [2.45, 2.75) is 45.8 Å². The van der Waals surface area contributed by atoms with Gasteiger partial charge in [0.15, 0.2) is 0 Å². The molecular weight excluding hydrogens is 295 g/mol. The average molecular weight is 318 g/mol. The molecule has 23 heavy (non-hydrogen) atoms. The van der Waals surface area contributed by atoms with Gasteiger partial charge in [-0.25, -0.2) is 14.1 Å². The van der Waals surface area contributed by atoms with Crippen LogP contribution in [0.4, 0.5) is 4.39 Å². The maximum absolute atomic E-state index is 13.6. The Hall–Kier alpha value is -1.95. The molecule has 6 heteroatoms. The van der Waals surface area contributed by atoms with E-state index in [9.17, 15) is 4.39 Å². The lowest BCUT2D eigenvalue weighted by Gasteiger charge is -2.25. The molecule has 1 aliphatic heterocycles. The summed E-state index contributed by atoms with van der Waals surface area (Å²) in [7, 11) is 1.62. The number of aryl methyl sites for hydroxylation is 2. The number of methoxy groups -OCH3 is 1. The zero-order valence-corrected chi connectivity index (χ0v) is 13.9. The van der Waals surface area contributed by atoms with Gasteiger partial charge in [-0.2, -0.15) is 5.10 Å². The molecule has 0 saturated carbocycles. The molecule has 1 fully saturated rings. The Labute approximate surface area is 136 Å². The van der Waals surface area contributed by atoms with E-state index in [1.54, 1.807) is 19.2 Å². The molecule has 0 aliphatic carbocycles. The summed E-state index contributed by atoms with van der Waals surface area (Å²) >= 11 is 0. The summed E-state index contributed by atoms with van der Waals surface area (Å²) in [6.45, 7) is 6.42. The van der Waals surface area contributed by atoms with Crippen molar-refractivity contribution in [1.29, 1.82) is 0 Å². The van der Waals surface area contributed by atoms with Crippen LogP contribution in [-0.2, 0) is 13.1 Å². The molecule has 1 saturated heterocycles. The van der Waals surface area contributed by atoms with E-state index in [2.05, 4.69) is 15.0 Å². The van der Waals surface area contributed by atoms with Crippen molar-refractivity contribution in [3.63, 3.8) is 0 Å². The number of rotatable bonds is 5. The second-order valence-corrected chi connectivity index (χ2v) is 6.11. The molecule has 1 aromatic carbocycles. The number of hydrogen-bond acceptors (Lipinski definition) is 4. The lowest BCUT2D eigenvalue weighted by atomic mass is 10.1. The molecule has 0 bridgehead atoms. The van der Waals surface area contributed by atoms with Gasteiger partial charge in [0.2, 0.25) is 0 Å². The maximum atomic E-state index is 13.6. The second-order valence-electron chi connectivity index (χ2n) is 6.11. The third-order valence-corrected chi connectivity index (χ3v) is 4.46. The van der Waals surface area contributed by atoms with Crippen molar-refractivity contribution in [3.8, 4) is 5.75 Å². The summed E-state index contributed by atoms with van der Waals surface area (Å²) in [5.74, 6) is 2.26. The van der Waals surface area contributed by atoms with E-state index >= 15 is 0 Å². The SMILES string of the molecule is COc1ccc(F)cc1CN1CCC[C@@H]1Cn1nc(C)nc1C. The molecule has 3 rings (SSSR count). The lowest BCUT2D eigenvalue weighted by molar-refractivity contribution is 0.215. The molecule has 2 aromatic rings. The summed E-state index contributed by atoms with van der Waals surface area (Å²) in [6.07, 6.45) is 2.27. The van der Waals surface area contributed by atoms with E-state index in [1.807, 2.05) is 18.5 Å². The van der Waals surface area contributed by atoms with Crippen LogP contribution in [0.3, 0.4) is 0 Å². The number of hydrogen-bond donors (Lipinski definition) is 0. The third kappa shape index (κ3) is 3.52. The van der Waals surface area contributed by atoms with Crippen molar-refractivity contribution in [2.75, 3.05) is 13.7 Å². The fourth-order valence-corrected chi connectivity index (χ4v) is 3.33. The van der Waals surface area contributed by atoms with Gasteiger partial charge in [0, 0.05) is 18.2 Å². The molecule has 0 unspecified atom stereocenters. The molecule has 124 valence electrons. The number of ether oxygens (including phenoxy) is 1. The van der Waals surface area contributed by atoms with Crippen molar-refractivity contribution < 1.29 is 9.13 Å². The second kappa shape index (κ2) is 6.66. The quantitative estimate of drug-likeness (QED) is 0.850. The molecule has 2 heterocycles. The predicted molar refractivity (Wildman–Crippen MR) is 85.9 cm³/mol. The number of likely N-dealkylation sites (tertiary alicyclic amines) is 1. The molecular formula is C17H23FN4O. The highest BCUT2D eigenvalue weighted by atomic mass is 19.1. The first-order valence-electron chi connectivity index (χ1n) is 8.01. The first-order chi connectivity index (χ1) is 11.1. The van der Waals surface area contributed by atoms with Gasteiger partial charge in [-0.15, -0.1) is 0 Å². The minimum atomic E-state index is -0.223. The molecule has 1 atom stereocenters. The van der Waals surface area contributed by atoms with E-state index < -0.39 is 0 Å². The highest BCUT2D eigenvalue weighted by molar-refractivity contribution is 5.34. The minimum Gasteiger partial charge on any atom is -0.496 e. The fourth-order valence-electron chi connectivity index (χ4n) is 3.33. The largest absolute Gasteiger partial charge is 0.496 e. The van der Waals surface area contributed by atoms with Crippen LogP contribution in [0.1, 0.15) is 30.1 Å². The number of aromatic nitrogens is 3. The van der Waals surface area contributed by atoms with Gasteiger partial charge >= 0.3 is 0 Å². The van der Waals surface area contributed by atoms with E-state index in [0.29, 0.717) is 12.6 Å². The van der Waals surface area contributed by atoms with E-state index in [0.717, 1.165) is 48.9 Å². The highest BCUT2D eigenvalue weighted by Crippen LogP contribution is 2.26. The molecule has 0 radical (unpaired) electrons. The van der Waals surface area contributed by atoms with Crippen molar-refractivity contribution in [1.82, 2.24) is 19.7 Å². The molecule has 0 spiro atoms. The Bertz CT molecular complexity index is 685. The van der Waals surface area contributed by atoms with Crippen LogP contribution in [-0.4, -0.2) is 39.4 Å². The van der Waals surface area contributed by atoms with E-state index in [1.165, 1.54) is 6.07 Å². The Morgan fingerprint density at radius 2 is 2.17 bits per heavy atom. The van der Waals surface area contributed by atoms with Gasteiger partial charge in [0.05, 0.1) is 13.7 Å². The summed E-state index contributed by atoms with van der Waals surface area (Å²) in [4.78, 5) is 6.75. The summed E-state index contributed by atoms with van der Waals surface area (Å²) in [6, 6.07) is 5.09. The molecule has 0 amide bonds. The van der Waals surface area contributed by atoms with Crippen molar-refractivity contribution in [2.24, 2.45) is 0 Å². The summed E-state index contributed by atoms with van der Waals surface area (Å²) in [5.41, 5.74) is 0.894. The molecule has 1 aliphatic rings. The Balaban J connectivity index is 1.74. The zero-order chi connectivity index (χ0) is 16.4. The molecule has 1 aromatic heterocycles. The lowest BCUT2D eigenvalue weighted by Crippen LogP contribution is -2.33. The standard InChI is InChI=1S/C17H23FN4O/c1-12-19-13(2)22(20-12)11-16-5-4-8-21(16)10-14-9-15(18)6-7-17(14)23-3/h6-7,9,16H,4-5,8,10-11H2,1-3H3/t16-/m1/s1. The van der Waals surface area contributed by atoms with Gasteiger partial charge in [-0.1, -0.05) is 0 Å². The molecule has 5 nitrogen and oxygen atoms in total. The van der Waals surface area contributed by atoms with E-state index in [-0.39, 0.29) is 5.82 Å². The van der Waals surface area contributed by atoms with Crippen molar-refractivity contribution >= 4 is 0 Å². The topological polar surface area (TPSA) is 43.2 Å². The van der Waals surface area contributed by atoms with Crippen LogP contribution in [0.5, 0.6) is 5.75 Å². The smallest absolute Gasteiger partial charge is 0.147 e. The summed E-state index contributed by atoms with van der Waals surface area (Å²) in [5, 5.41) is 4.46. The summed E-state index contributed by atoms with van der Waals surface area (Å²) < 4.78 is 20.9. The normalized spacial score (nSPS) is 18.5. The minimum absolute atomic E-state index is 0.223. The Kier molecular flexibility index (Phi) is 4.61. The average Bonchev–Trinajstić information content (AvgIpc) is 3.06. The fraction of sp³-hybridized carbons (Fsp3) is 0.529. The Morgan fingerprint density at radius 3 is 2.87 bits per heavy atom. The number of benzene rings is 1. The zero-order valence-electron chi connectivity index (χ0n) is 13.9. The third-order valence-electron chi connectivity index (χ3n) is 4.46. The monoisotopic (exact) mass is 318 g/mol. The number of nitrogens with zero attached hydrogens (tertiary/aromatic N) is 4. The van der Waals surface area contributed by atoms with Gasteiger partial charge in [-0.05, 0) is 51.4 Å². The highest BCUT2D eigenvalue weighted by Gasteiger charge is 2.26. The van der Waals surface area contributed by atoms with E-state index in [4.69, 9.17) is 4.74 Å². The van der Waals surface area contributed by atoms with Crippen LogP contribution in [0, 0.1) is 19.7 Å². The van der Waals surface area contributed by atoms with Crippen molar-refractivity contribution in [3.05, 3.63) is 41.2 Å². The van der Waals surface area contributed by atoms with Gasteiger partial charge in [0.1, 0.15) is 23.2 Å². The maximum Gasteiger partial charge on any atom is 0.147 e. The number of halogens is 1. The Morgan fingerprint density at radius 1 is 1.35 bits per heavy atom. The van der Waals surface area contributed by atoms with Crippen LogP contribution in [0.25, 0.3) is 0 Å². The van der Waals surface area contributed by atoms with Gasteiger partial charge in [0.25, 0.3) is 0 Å². The van der Waals surface area contributed by atoms with Crippen LogP contribution in [0.2, 0.25) is 0 Å². The first-order valence-corrected chi connectivity index (χ1v) is 8.01.